The van der Waals surface area contributed by atoms with Crippen LogP contribution in [0.1, 0.15) is 17.0 Å². The molecule has 0 bridgehead atoms. The summed E-state index contributed by atoms with van der Waals surface area (Å²) >= 11 is 0. The second kappa shape index (κ2) is 3.08. The number of hydrogen-bond acceptors (Lipinski definition) is 2. The van der Waals surface area contributed by atoms with Crippen LogP contribution in [-0.2, 0) is 0 Å². The first kappa shape index (κ1) is 9.71. The number of hydrogen-bond donors (Lipinski definition) is 1. The van der Waals surface area contributed by atoms with Gasteiger partial charge < -0.3 is 5.73 Å². The van der Waals surface area contributed by atoms with Crippen LogP contribution >= 0.6 is 0 Å². The summed E-state index contributed by atoms with van der Waals surface area (Å²) < 4.78 is 1.43. The molecule has 4 nitrogen and oxygen atoms in total. The van der Waals surface area contributed by atoms with Crippen molar-refractivity contribution >= 4 is 17.1 Å². The van der Waals surface area contributed by atoms with Gasteiger partial charge >= 0.3 is 6.03 Å². The quantitative estimate of drug-likeness (QED) is 0.710. The fraction of sp³-hybridized carbons (Fsp3) is 0.273. The maximum Gasteiger partial charge on any atom is 0.324 e. The molecule has 1 aromatic heterocycles. The molecule has 2 rings (SSSR count). The Morgan fingerprint density at radius 3 is 2.60 bits per heavy atom. The summed E-state index contributed by atoms with van der Waals surface area (Å²) in [7, 11) is 0. The molecule has 78 valence electrons. The molecule has 1 heterocycles. The lowest BCUT2D eigenvalue weighted by Gasteiger charge is -2.02. The number of aromatic nitrogens is 2. The number of primary amides is 1. The van der Waals surface area contributed by atoms with Gasteiger partial charge in [0, 0.05) is 0 Å². The molecule has 2 N–H and O–H groups in total. The van der Waals surface area contributed by atoms with Gasteiger partial charge in [0.25, 0.3) is 0 Å². The Balaban J connectivity index is 2.91. The minimum atomic E-state index is -0.488. The third-order valence-electron chi connectivity index (χ3n) is 2.74. The number of carbonyl (C=O) groups excluding carboxylic acids is 1. The van der Waals surface area contributed by atoms with Gasteiger partial charge in [0.15, 0.2) is 0 Å². The zero-order valence-electron chi connectivity index (χ0n) is 9.03. The smallest absolute Gasteiger partial charge is 0.324 e. The SMILES string of the molecule is Cc1ccc2c(nc(C)n2C(N)=O)c1C. The van der Waals surface area contributed by atoms with E-state index in [2.05, 4.69) is 4.98 Å². The van der Waals surface area contributed by atoms with Crippen LogP contribution in [-0.4, -0.2) is 15.6 Å². The Hall–Kier alpha value is -1.84. The first-order chi connectivity index (χ1) is 7.02. The van der Waals surface area contributed by atoms with Gasteiger partial charge in [-0.05, 0) is 38.0 Å². The molecular formula is C11H13N3O. The molecule has 0 aliphatic carbocycles. The maximum atomic E-state index is 11.2. The number of aryl methyl sites for hydroxylation is 3. The van der Waals surface area contributed by atoms with E-state index in [1.54, 1.807) is 6.92 Å². The molecule has 0 spiro atoms. The highest BCUT2D eigenvalue weighted by Crippen LogP contribution is 2.21. The largest absolute Gasteiger partial charge is 0.351 e. The highest BCUT2D eigenvalue weighted by atomic mass is 16.2. The van der Waals surface area contributed by atoms with Crippen molar-refractivity contribution in [3.8, 4) is 0 Å². The summed E-state index contributed by atoms with van der Waals surface area (Å²) in [6.07, 6.45) is 0. The molecule has 0 saturated heterocycles. The Labute approximate surface area is 87.7 Å². The van der Waals surface area contributed by atoms with Crippen LogP contribution in [0.15, 0.2) is 12.1 Å². The standard InChI is InChI=1S/C11H13N3O/c1-6-4-5-9-10(7(6)2)13-8(3)14(9)11(12)15/h4-5H,1-3H3,(H2,12,15). The fourth-order valence-corrected chi connectivity index (χ4v) is 1.77. The maximum absolute atomic E-state index is 11.2. The first-order valence-corrected chi connectivity index (χ1v) is 4.77. The van der Waals surface area contributed by atoms with Gasteiger partial charge in [-0.15, -0.1) is 0 Å². The van der Waals surface area contributed by atoms with E-state index in [1.807, 2.05) is 26.0 Å². The molecule has 0 atom stereocenters. The molecule has 1 amide bonds. The summed E-state index contributed by atoms with van der Waals surface area (Å²) in [4.78, 5) is 15.6. The third kappa shape index (κ3) is 1.29. The average molecular weight is 203 g/mol. The van der Waals surface area contributed by atoms with Crippen molar-refractivity contribution in [1.82, 2.24) is 9.55 Å². The van der Waals surface area contributed by atoms with E-state index < -0.39 is 6.03 Å². The van der Waals surface area contributed by atoms with Crippen molar-refractivity contribution in [2.75, 3.05) is 0 Å². The van der Waals surface area contributed by atoms with Gasteiger partial charge in [0.05, 0.1) is 11.0 Å². The second-order valence-electron chi connectivity index (χ2n) is 3.71. The van der Waals surface area contributed by atoms with Gasteiger partial charge in [0.1, 0.15) is 5.82 Å². The van der Waals surface area contributed by atoms with Crippen LogP contribution in [0.25, 0.3) is 11.0 Å². The normalized spacial score (nSPS) is 10.9. The molecule has 0 unspecified atom stereocenters. The number of benzene rings is 1. The second-order valence-corrected chi connectivity index (χ2v) is 3.71. The molecule has 4 heteroatoms. The summed E-state index contributed by atoms with van der Waals surface area (Å²) in [5.74, 6) is 0.631. The molecule has 1 aromatic carbocycles. The summed E-state index contributed by atoms with van der Waals surface area (Å²) in [6, 6.07) is 3.36. The molecule has 2 aromatic rings. The van der Waals surface area contributed by atoms with E-state index >= 15 is 0 Å². The molecule has 15 heavy (non-hydrogen) atoms. The molecule has 0 aliphatic rings. The van der Waals surface area contributed by atoms with E-state index in [-0.39, 0.29) is 0 Å². The lowest BCUT2D eigenvalue weighted by molar-refractivity contribution is 0.250. The summed E-state index contributed by atoms with van der Waals surface area (Å²) in [5.41, 5.74) is 9.19. The van der Waals surface area contributed by atoms with Gasteiger partial charge in [-0.3, -0.25) is 0 Å². The third-order valence-corrected chi connectivity index (χ3v) is 2.74. The molecule has 0 saturated carbocycles. The van der Waals surface area contributed by atoms with Crippen molar-refractivity contribution in [1.29, 1.82) is 0 Å². The van der Waals surface area contributed by atoms with Gasteiger partial charge in [0.2, 0.25) is 0 Å². The topological polar surface area (TPSA) is 60.9 Å². The first-order valence-electron chi connectivity index (χ1n) is 4.77. The lowest BCUT2D eigenvalue weighted by Crippen LogP contribution is -2.20. The van der Waals surface area contributed by atoms with Crippen LogP contribution in [0.3, 0.4) is 0 Å². The van der Waals surface area contributed by atoms with Crippen LogP contribution in [0.5, 0.6) is 0 Å². The van der Waals surface area contributed by atoms with E-state index in [0.717, 1.165) is 22.2 Å². The number of nitrogens with two attached hydrogens (primary N) is 1. The number of amides is 1. The summed E-state index contributed by atoms with van der Waals surface area (Å²) in [6.45, 7) is 5.79. The number of carbonyl (C=O) groups is 1. The van der Waals surface area contributed by atoms with Crippen LogP contribution < -0.4 is 5.73 Å². The molecule has 0 aliphatic heterocycles. The zero-order chi connectivity index (χ0) is 11.2. The number of rotatable bonds is 0. The predicted molar refractivity (Wildman–Crippen MR) is 58.9 cm³/mol. The molecule has 0 fully saturated rings. The van der Waals surface area contributed by atoms with Crippen LogP contribution in [0, 0.1) is 20.8 Å². The monoisotopic (exact) mass is 203 g/mol. The van der Waals surface area contributed by atoms with Crippen molar-refractivity contribution < 1.29 is 4.79 Å². The Morgan fingerprint density at radius 2 is 2.00 bits per heavy atom. The lowest BCUT2D eigenvalue weighted by atomic mass is 10.1. The highest BCUT2D eigenvalue weighted by Gasteiger charge is 2.13. The summed E-state index contributed by atoms with van der Waals surface area (Å²) in [5, 5.41) is 0. The minimum Gasteiger partial charge on any atom is -0.351 e. The molecule has 0 radical (unpaired) electrons. The number of fused-ring (bicyclic) bond motifs is 1. The van der Waals surface area contributed by atoms with Crippen molar-refractivity contribution in [2.24, 2.45) is 5.73 Å². The van der Waals surface area contributed by atoms with E-state index in [0.29, 0.717) is 5.82 Å². The Bertz CT molecular complexity index is 554. The van der Waals surface area contributed by atoms with Gasteiger partial charge in [-0.2, -0.15) is 0 Å². The van der Waals surface area contributed by atoms with Gasteiger partial charge in [-0.25, -0.2) is 14.3 Å². The van der Waals surface area contributed by atoms with Crippen molar-refractivity contribution in [3.05, 3.63) is 29.1 Å². The van der Waals surface area contributed by atoms with Crippen LogP contribution in [0.4, 0.5) is 4.79 Å². The Kier molecular flexibility index (Phi) is 2.00. The van der Waals surface area contributed by atoms with E-state index in [9.17, 15) is 4.79 Å². The van der Waals surface area contributed by atoms with Crippen LogP contribution in [0.2, 0.25) is 0 Å². The number of nitrogens with zero attached hydrogens (tertiary/aromatic N) is 2. The fourth-order valence-electron chi connectivity index (χ4n) is 1.77. The molecular weight excluding hydrogens is 190 g/mol. The highest BCUT2D eigenvalue weighted by molar-refractivity contribution is 5.91. The zero-order valence-corrected chi connectivity index (χ0v) is 9.03. The Morgan fingerprint density at radius 1 is 1.33 bits per heavy atom. The average Bonchev–Trinajstić information content (AvgIpc) is 2.49. The van der Waals surface area contributed by atoms with Crippen molar-refractivity contribution in [2.45, 2.75) is 20.8 Å². The van der Waals surface area contributed by atoms with Crippen molar-refractivity contribution in [3.63, 3.8) is 0 Å². The van der Waals surface area contributed by atoms with Gasteiger partial charge in [-0.1, -0.05) is 6.07 Å². The van der Waals surface area contributed by atoms with E-state index in [1.165, 1.54) is 4.57 Å². The number of imidazole rings is 1. The predicted octanol–water partition coefficient (Wildman–Crippen LogP) is 1.89. The van der Waals surface area contributed by atoms with E-state index in [4.69, 9.17) is 5.73 Å². The minimum absolute atomic E-state index is 0.488.